The second kappa shape index (κ2) is 7.98. The molecule has 0 aromatic heterocycles. The van der Waals surface area contributed by atoms with E-state index in [1.165, 1.54) is 19.3 Å². The Labute approximate surface area is 131 Å². The molecule has 0 saturated heterocycles. The van der Waals surface area contributed by atoms with Crippen molar-refractivity contribution >= 4 is 23.2 Å². The van der Waals surface area contributed by atoms with Gasteiger partial charge in [-0.15, -0.1) is 0 Å². The number of hydrogen-bond donors (Lipinski definition) is 2. The summed E-state index contributed by atoms with van der Waals surface area (Å²) in [5.41, 5.74) is 1.10. The average Bonchev–Trinajstić information content (AvgIpc) is 2.46. The first-order valence-corrected chi connectivity index (χ1v) is 7.84. The number of rotatable bonds is 4. The molecule has 114 valence electrons. The maximum absolute atomic E-state index is 11.8. The molecule has 1 saturated carbocycles. The van der Waals surface area contributed by atoms with Gasteiger partial charge in [0.1, 0.15) is 5.75 Å². The van der Waals surface area contributed by atoms with Gasteiger partial charge in [0, 0.05) is 6.04 Å². The van der Waals surface area contributed by atoms with Crippen LogP contribution in [0.15, 0.2) is 24.3 Å². The van der Waals surface area contributed by atoms with Gasteiger partial charge in [-0.25, -0.2) is 0 Å². The normalized spacial score (nSPS) is 15.3. The van der Waals surface area contributed by atoms with Crippen LogP contribution in [0.2, 0.25) is 0 Å². The summed E-state index contributed by atoms with van der Waals surface area (Å²) < 4.78 is 5.44. The SMILES string of the molecule is Cc1cccc(OCC(=O)NC(=S)NC2CCCCC2)c1. The van der Waals surface area contributed by atoms with Crippen molar-refractivity contribution in [3.05, 3.63) is 29.8 Å². The van der Waals surface area contributed by atoms with Crippen LogP contribution in [0.4, 0.5) is 0 Å². The summed E-state index contributed by atoms with van der Waals surface area (Å²) in [7, 11) is 0. The standard InChI is InChI=1S/C16H22N2O2S/c1-12-6-5-9-14(10-12)20-11-15(19)18-16(21)17-13-7-3-2-4-8-13/h5-6,9-10,13H,2-4,7-8,11H2,1H3,(H2,17,18,19,21). The van der Waals surface area contributed by atoms with Crippen molar-refractivity contribution in [3.63, 3.8) is 0 Å². The monoisotopic (exact) mass is 306 g/mol. The molecule has 0 aliphatic heterocycles. The molecule has 1 aliphatic carbocycles. The zero-order chi connectivity index (χ0) is 15.1. The van der Waals surface area contributed by atoms with Crippen LogP contribution in [0.1, 0.15) is 37.7 Å². The summed E-state index contributed by atoms with van der Waals surface area (Å²) >= 11 is 5.16. The van der Waals surface area contributed by atoms with Gasteiger partial charge in [-0.2, -0.15) is 0 Å². The lowest BCUT2D eigenvalue weighted by Crippen LogP contribution is -2.46. The molecule has 0 radical (unpaired) electrons. The highest BCUT2D eigenvalue weighted by Crippen LogP contribution is 2.17. The summed E-state index contributed by atoms with van der Waals surface area (Å²) in [6, 6.07) is 8.00. The Morgan fingerprint density at radius 1 is 1.33 bits per heavy atom. The number of carbonyl (C=O) groups excluding carboxylic acids is 1. The first-order chi connectivity index (χ1) is 10.1. The molecule has 21 heavy (non-hydrogen) atoms. The Hall–Kier alpha value is -1.62. The molecule has 0 heterocycles. The number of thiocarbonyl (C=S) groups is 1. The Morgan fingerprint density at radius 2 is 2.10 bits per heavy atom. The van der Waals surface area contributed by atoms with E-state index in [4.69, 9.17) is 17.0 Å². The van der Waals surface area contributed by atoms with Gasteiger partial charge < -0.3 is 15.4 Å². The number of carbonyl (C=O) groups is 1. The number of ether oxygens (including phenoxy) is 1. The van der Waals surface area contributed by atoms with E-state index in [2.05, 4.69) is 10.6 Å². The van der Waals surface area contributed by atoms with Crippen molar-refractivity contribution in [3.8, 4) is 5.75 Å². The zero-order valence-electron chi connectivity index (χ0n) is 12.4. The second-order valence-electron chi connectivity index (χ2n) is 5.46. The lowest BCUT2D eigenvalue weighted by atomic mass is 9.96. The van der Waals surface area contributed by atoms with E-state index >= 15 is 0 Å². The van der Waals surface area contributed by atoms with Gasteiger partial charge in [-0.05, 0) is 49.7 Å². The topological polar surface area (TPSA) is 50.4 Å². The number of benzene rings is 1. The molecule has 0 unspecified atom stereocenters. The molecule has 1 aromatic carbocycles. The van der Waals surface area contributed by atoms with Crippen molar-refractivity contribution in [2.45, 2.75) is 45.1 Å². The van der Waals surface area contributed by atoms with E-state index < -0.39 is 0 Å². The smallest absolute Gasteiger partial charge is 0.264 e. The van der Waals surface area contributed by atoms with Gasteiger partial charge in [0.05, 0.1) is 0 Å². The van der Waals surface area contributed by atoms with E-state index in [0.29, 0.717) is 16.9 Å². The third-order valence-electron chi connectivity index (χ3n) is 3.55. The molecule has 2 N–H and O–H groups in total. The fourth-order valence-electron chi connectivity index (χ4n) is 2.49. The Balaban J connectivity index is 1.70. The third-order valence-corrected chi connectivity index (χ3v) is 3.77. The van der Waals surface area contributed by atoms with Crippen molar-refractivity contribution in [2.75, 3.05) is 6.61 Å². The molecule has 4 nitrogen and oxygen atoms in total. The van der Waals surface area contributed by atoms with Crippen LogP contribution < -0.4 is 15.4 Å². The fraction of sp³-hybridized carbons (Fsp3) is 0.500. The minimum atomic E-state index is -0.232. The Bertz CT molecular complexity index is 499. The van der Waals surface area contributed by atoms with Crippen LogP contribution in [0.25, 0.3) is 0 Å². The van der Waals surface area contributed by atoms with Crippen molar-refractivity contribution in [2.24, 2.45) is 0 Å². The van der Waals surface area contributed by atoms with Crippen molar-refractivity contribution in [1.82, 2.24) is 10.6 Å². The summed E-state index contributed by atoms with van der Waals surface area (Å²) in [6.45, 7) is 1.95. The van der Waals surface area contributed by atoms with E-state index in [1.807, 2.05) is 31.2 Å². The predicted octanol–water partition coefficient (Wildman–Crippen LogP) is 2.70. The van der Waals surface area contributed by atoms with Gasteiger partial charge in [0.25, 0.3) is 5.91 Å². The fourth-order valence-corrected chi connectivity index (χ4v) is 2.77. The molecule has 5 heteroatoms. The summed E-state index contributed by atoms with van der Waals surface area (Å²) in [6.07, 6.45) is 5.99. The molecule has 1 amide bonds. The minimum Gasteiger partial charge on any atom is -0.484 e. The summed E-state index contributed by atoms with van der Waals surface area (Å²) in [4.78, 5) is 11.8. The summed E-state index contributed by atoms with van der Waals surface area (Å²) in [5, 5.41) is 6.27. The highest BCUT2D eigenvalue weighted by Gasteiger charge is 2.15. The minimum absolute atomic E-state index is 0.0318. The maximum atomic E-state index is 11.8. The van der Waals surface area contributed by atoms with Gasteiger partial charge in [-0.1, -0.05) is 31.4 Å². The Kier molecular flexibility index (Phi) is 5.99. The van der Waals surface area contributed by atoms with E-state index in [-0.39, 0.29) is 12.5 Å². The first-order valence-electron chi connectivity index (χ1n) is 7.43. The lowest BCUT2D eigenvalue weighted by molar-refractivity contribution is -0.121. The Morgan fingerprint density at radius 3 is 2.81 bits per heavy atom. The van der Waals surface area contributed by atoms with Crippen molar-refractivity contribution in [1.29, 1.82) is 0 Å². The van der Waals surface area contributed by atoms with E-state index in [0.717, 1.165) is 18.4 Å². The second-order valence-corrected chi connectivity index (χ2v) is 5.87. The molecule has 0 spiro atoms. The molecule has 0 bridgehead atoms. The van der Waals surface area contributed by atoms with Gasteiger partial charge in [0.15, 0.2) is 11.7 Å². The van der Waals surface area contributed by atoms with Crippen LogP contribution in [0.3, 0.4) is 0 Å². The van der Waals surface area contributed by atoms with Crippen LogP contribution in [-0.4, -0.2) is 23.7 Å². The average molecular weight is 306 g/mol. The number of hydrogen-bond acceptors (Lipinski definition) is 3. The number of amides is 1. The first kappa shape index (κ1) is 15.8. The molecule has 0 atom stereocenters. The van der Waals surface area contributed by atoms with Gasteiger partial charge in [0.2, 0.25) is 0 Å². The quantitative estimate of drug-likeness (QED) is 0.840. The highest BCUT2D eigenvalue weighted by atomic mass is 32.1. The predicted molar refractivity (Wildman–Crippen MR) is 87.4 cm³/mol. The number of aryl methyl sites for hydroxylation is 1. The molecular weight excluding hydrogens is 284 g/mol. The molecule has 1 fully saturated rings. The molecular formula is C16H22N2O2S. The maximum Gasteiger partial charge on any atom is 0.264 e. The highest BCUT2D eigenvalue weighted by molar-refractivity contribution is 7.80. The van der Waals surface area contributed by atoms with Crippen LogP contribution in [0.5, 0.6) is 5.75 Å². The van der Waals surface area contributed by atoms with Gasteiger partial charge in [-0.3, -0.25) is 4.79 Å². The third kappa shape index (κ3) is 5.71. The zero-order valence-corrected chi connectivity index (χ0v) is 13.2. The van der Waals surface area contributed by atoms with Gasteiger partial charge >= 0.3 is 0 Å². The lowest BCUT2D eigenvalue weighted by Gasteiger charge is -2.24. The van der Waals surface area contributed by atoms with Crippen molar-refractivity contribution < 1.29 is 9.53 Å². The molecule has 2 rings (SSSR count). The molecule has 1 aliphatic rings. The van der Waals surface area contributed by atoms with E-state index in [1.54, 1.807) is 0 Å². The summed E-state index contributed by atoms with van der Waals surface area (Å²) in [5.74, 6) is 0.459. The largest absolute Gasteiger partial charge is 0.484 e. The van der Waals surface area contributed by atoms with Crippen LogP contribution in [-0.2, 0) is 4.79 Å². The van der Waals surface area contributed by atoms with E-state index in [9.17, 15) is 4.79 Å². The van der Waals surface area contributed by atoms with Crippen LogP contribution >= 0.6 is 12.2 Å². The number of nitrogens with one attached hydrogen (secondary N) is 2. The molecule has 1 aromatic rings. The van der Waals surface area contributed by atoms with Crippen LogP contribution in [0, 0.1) is 6.92 Å².